The van der Waals surface area contributed by atoms with Crippen LogP contribution in [0.2, 0.25) is 0 Å². The number of allylic oxidation sites excluding steroid dienone is 2. The summed E-state index contributed by atoms with van der Waals surface area (Å²) in [6.07, 6.45) is 3.64. The van der Waals surface area contributed by atoms with Crippen LogP contribution >= 0.6 is 0 Å². The Morgan fingerprint density at radius 3 is 1.53 bits per heavy atom. The van der Waals surface area contributed by atoms with E-state index in [1.165, 1.54) is 80.6 Å². The maximum atomic E-state index is 15.1. The number of carbonyl (C=O) groups excluding carboxylic acids is 11. The second-order valence-corrected chi connectivity index (χ2v) is 25.2. The molecule has 2 fully saturated rings. The van der Waals surface area contributed by atoms with E-state index in [0.717, 1.165) is 9.80 Å². The van der Waals surface area contributed by atoms with Gasteiger partial charge in [-0.25, -0.2) is 0 Å². The number of nitrogens with zero attached hydrogens (tertiary/aromatic N) is 7. The van der Waals surface area contributed by atoms with E-state index in [2.05, 4.69) is 21.3 Å². The third kappa shape index (κ3) is 19.5. The van der Waals surface area contributed by atoms with Crippen LogP contribution in [0.15, 0.2) is 12.2 Å². The quantitative estimate of drug-likeness (QED) is 0.166. The van der Waals surface area contributed by atoms with E-state index in [1.807, 2.05) is 47.6 Å². The van der Waals surface area contributed by atoms with Crippen molar-refractivity contribution in [2.24, 2.45) is 35.5 Å². The van der Waals surface area contributed by atoms with E-state index in [0.29, 0.717) is 12.8 Å². The molecule has 12 atom stereocenters. The molecule has 0 aromatic rings. The maximum absolute atomic E-state index is 15.1. The molecule has 11 amide bonds. The van der Waals surface area contributed by atoms with Gasteiger partial charge in [0.05, 0.1) is 12.6 Å². The highest BCUT2D eigenvalue weighted by Crippen LogP contribution is 2.27. The summed E-state index contributed by atoms with van der Waals surface area (Å²) in [5, 5.41) is 23.0. The molecule has 0 bridgehead atoms. The Kier molecular flexibility index (Phi) is 28.8. The lowest BCUT2D eigenvalue weighted by Gasteiger charge is -2.41. The second-order valence-electron chi connectivity index (χ2n) is 25.2. The highest BCUT2D eigenvalue weighted by Gasteiger charge is 2.46. The Hall–Kier alpha value is -6.13. The molecule has 0 unspecified atom stereocenters. The summed E-state index contributed by atoms with van der Waals surface area (Å²) in [6.45, 7) is 25.8. The van der Waals surface area contributed by atoms with Crippen molar-refractivity contribution in [1.82, 2.24) is 55.6 Å². The van der Waals surface area contributed by atoms with E-state index in [-0.39, 0.29) is 56.4 Å². The number of carbonyl (C=O) groups is 11. The molecular weight excluding hydrogens is 1070 g/mol. The molecule has 23 nitrogen and oxygen atoms in total. The normalized spacial score (nSPS) is 27.8. The van der Waals surface area contributed by atoms with Gasteiger partial charge in [0.1, 0.15) is 60.4 Å². The lowest BCUT2D eigenvalue weighted by Crippen LogP contribution is -2.63. The molecule has 0 aromatic carbocycles. The Morgan fingerprint density at radius 2 is 1.02 bits per heavy atom. The Labute approximate surface area is 495 Å². The molecule has 5 N–H and O–H groups in total. The highest BCUT2D eigenvalue weighted by molar-refractivity contribution is 5.99. The van der Waals surface area contributed by atoms with Gasteiger partial charge >= 0.3 is 0 Å². The van der Waals surface area contributed by atoms with Crippen molar-refractivity contribution >= 4 is 65.0 Å². The third-order valence-electron chi connectivity index (χ3n) is 16.1. The van der Waals surface area contributed by atoms with Crippen LogP contribution in [-0.4, -0.2) is 226 Å². The fourth-order valence-electron chi connectivity index (χ4n) is 10.9. The standard InChI is InChI=1S/C60H105N11O12/c1-22-24-26-38(13)50(73)49-54(77)63-41(23-2)56(79)65(16)32-46(72)66(17)43(29-33(3)4)53(76)64-47(36(9)10)59(82)67(18)44(30-34(5)6)52(75)61-39(14)51(74)62-40(15)55(78)71-28-25-27-42(71)57(80)68(19)45(31-35(7)8)58(81)69(20)48(37(11)12)60(83)70(49)21/h22,24,33-45,47-50,73H,23,25-32H2,1-21H3,(H,61,75)(H,62,74)(H,63,77)(H,64,76)/b24-22+/t38-,39+,40-,41+,42+,43+,44+,45+,47+,48+,49+,50-/m1/s1. The molecule has 0 saturated carbocycles. The zero-order valence-electron chi connectivity index (χ0n) is 53.9. The van der Waals surface area contributed by atoms with Crippen LogP contribution in [0.1, 0.15) is 149 Å². The number of rotatable bonds is 13. The fraction of sp³-hybridized carbons (Fsp3) is 0.783. The molecule has 0 radical (unpaired) electrons. The number of amides is 11. The summed E-state index contributed by atoms with van der Waals surface area (Å²) >= 11 is 0. The topological polar surface area (TPSA) is 279 Å². The summed E-state index contributed by atoms with van der Waals surface area (Å²) in [7, 11) is 8.50. The lowest BCUT2D eigenvalue weighted by atomic mass is 9.91. The smallest absolute Gasteiger partial charge is 0.246 e. The van der Waals surface area contributed by atoms with Crippen molar-refractivity contribution in [3.63, 3.8) is 0 Å². The van der Waals surface area contributed by atoms with Gasteiger partial charge < -0.3 is 60.7 Å². The molecule has 2 rings (SSSR count). The van der Waals surface area contributed by atoms with Crippen molar-refractivity contribution in [2.45, 2.75) is 215 Å². The average molecular weight is 1170 g/mol. The van der Waals surface area contributed by atoms with Crippen molar-refractivity contribution in [3.8, 4) is 0 Å². The first kappa shape index (κ1) is 73.0. The first-order chi connectivity index (χ1) is 38.5. The molecule has 2 saturated heterocycles. The number of nitrogens with one attached hydrogen (secondary N) is 4. The molecule has 2 aliphatic heterocycles. The lowest BCUT2D eigenvalue weighted by molar-refractivity contribution is -0.157. The molecule has 23 heteroatoms. The summed E-state index contributed by atoms with van der Waals surface area (Å²) in [5.74, 6) is -9.31. The molecular formula is C60H105N11O12. The Morgan fingerprint density at radius 1 is 0.530 bits per heavy atom. The number of fused-ring (bicyclic) bond motifs is 1. The SMILES string of the molecule is C/C=C/C[C@@H](C)[C@@H](O)[C@H]1C(=O)N[C@@H](CC)C(=O)N(C)CC(=O)N(C)[C@@H](CC(C)C)C(=O)N[C@@H](C(C)C)C(=O)N(C)[C@@H](CC(C)C)C(=O)N[C@@H](C)C(=O)N[C@H](C)C(=O)N2CCC[C@H]2C(=O)N(C)[C@@H](CC(C)C)C(=O)N(C)[C@@H](C(C)C)C(=O)N1C. The van der Waals surface area contributed by atoms with Gasteiger partial charge in [-0.1, -0.05) is 95.2 Å². The number of hydrogen-bond donors (Lipinski definition) is 5. The second kappa shape index (κ2) is 32.8. The van der Waals surface area contributed by atoms with Crippen molar-refractivity contribution in [2.75, 3.05) is 55.4 Å². The molecule has 83 heavy (non-hydrogen) atoms. The first-order valence-corrected chi connectivity index (χ1v) is 29.9. The molecule has 0 aromatic heterocycles. The minimum absolute atomic E-state index is 0.0276. The summed E-state index contributed by atoms with van der Waals surface area (Å²) in [5.41, 5.74) is 0. The first-order valence-electron chi connectivity index (χ1n) is 29.9. The van der Waals surface area contributed by atoms with Gasteiger partial charge in [-0.05, 0) is 101 Å². The van der Waals surface area contributed by atoms with Crippen LogP contribution in [0.5, 0.6) is 0 Å². The molecule has 0 aliphatic carbocycles. The maximum Gasteiger partial charge on any atom is 0.246 e. The van der Waals surface area contributed by atoms with Crippen LogP contribution in [0.3, 0.4) is 0 Å². The summed E-state index contributed by atoms with van der Waals surface area (Å²) in [4.78, 5) is 168. The predicted octanol–water partition coefficient (Wildman–Crippen LogP) is 2.39. The molecule has 472 valence electrons. The third-order valence-corrected chi connectivity index (χ3v) is 16.1. The molecule has 2 heterocycles. The minimum Gasteiger partial charge on any atom is -0.390 e. The van der Waals surface area contributed by atoms with Crippen molar-refractivity contribution in [1.29, 1.82) is 0 Å². The van der Waals surface area contributed by atoms with Crippen LogP contribution in [-0.2, 0) is 52.7 Å². The van der Waals surface area contributed by atoms with E-state index in [1.54, 1.807) is 54.5 Å². The zero-order chi connectivity index (χ0) is 63.8. The van der Waals surface area contributed by atoms with Crippen molar-refractivity contribution < 1.29 is 57.8 Å². The van der Waals surface area contributed by atoms with Gasteiger partial charge in [0.25, 0.3) is 0 Å². The van der Waals surface area contributed by atoms with Gasteiger partial charge in [-0.2, -0.15) is 0 Å². The van der Waals surface area contributed by atoms with Crippen LogP contribution < -0.4 is 21.3 Å². The molecule has 0 spiro atoms. The Balaban J connectivity index is 2.90. The zero-order valence-corrected chi connectivity index (χ0v) is 53.9. The average Bonchev–Trinajstić information content (AvgIpc) is 4.17. The highest BCUT2D eigenvalue weighted by atomic mass is 16.3. The monoisotopic (exact) mass is 1170 g/mol. The van der Waals surface area contributed by atoms with Gasteiger partial charge in [0.2, 0.25) is 65.0 Å². The van der Waals surface area contributed by atoms with E-state index < -0.39 is 156 Å². The van der Waals surface area contributed by atoms with Gasteiger partial charge in [0.15, 0.2) is 0 Å². The fourth-order valence-corrected chi connectivity index (χ4v) is 10.9. The molecule has 2 aliphatic rings. The van der Waals surface area contributed by atoms with Crippen molar-refractivity contribution in [3.05, 3.63) is 12.2 Å². The van der Waals surface area contributed by atoms with Gasteiger partial charge in [-0.3, -0.25) is 52.7 Å². The number of aliphatic hydroxyl groups excluding tert-OH is 1. The predicted molar refractivity (Wildman–Crippen MR) is 317 cm³/mol. The Bertz CT molecular complexity index is 2310. The summed E-state index contributed by atoms with van der Waals surface area (Å²) in [6, 6.07) is -12.0. The number of aliphatic hydroxyl groups is 1. The van der Waals surface area contributed by atoms with Crippen LogP contribution in [0.25, 0.3) is 0 Å². The number of hydrogen-bond acceptors (Lipinski definition) is 12. The van der Waals surface area contributed by atoms with Crippen LogP contribution in [0.4, 0.5) is 0 Å². The van der Waals surface area contributed by atoms with E-state index in [9.17, 15) is 53.1 Å². The van der Waals surface area contributed by atoms with Gasteiger partial charge in [0, 0.05) is 48.8 Å². The minimum atomic E-state index is -1.60. The van der Waals surface area contributed by atoms with Gasteiger partial charge in [-0.15, -0.1) is 0 Å². The summed E-state index contributed by atoms with van der Waals surface area (Å²) < 4.78 is 0. The van der Waals surface area contributed by atoms with E-state index in [4.69, 9.17) is 0 Å². The van der Waals surface area contributed by atoms with E-state index >= 15 is 4.79 Å². The largest absolute Gasteiger partial charge is 0.390 e. The van der Waals surface area contributed by atoms with Crippen LogP contribution in [0, 0.1) is 35.5 Å². The number of likely N-dealkylation sites (N-methyl/N-ethyl adjacent to an activating group) is 6.